The Morgan fingerprint density at radius 1 is 1.40 bits per heavy atom. The Morgan fingerprint density at radius 3 is 2.55 bits per heavy atom. The molecule has 0 fully saturated rings. The molecule has 1 heterocycles. The summed E-state index contributed by atoms with van der Waals surface area (Å²) in [5, 5.41) is 10.5. The second-order valence-corrected chi connectivity index (χ2v) is 5.06. The molecule has 0 aliphatic rings. The van der Waals surface area contributed by atoms with Gasteiger partial charge in [0.2, 0.25) is 0 Å². The maximum atomic E-state index is 11.2. The zero-order valence-electron chi connectivity index (χ0n) is 12.7. The molecule has 1 aromatic rings. The Kier molecular flexibility index (Phi) is 5.71. The van der Waals surface area contributed by atoms with Crippen molar-refractivity contribution in [2.24, 2.45) is 7.05 Å². The lowest BCUT2D eigenvalue weighted by Crippen LogP contribution is -2.09. The molecule has 1 atom stereocenters. The summed E-state index contributed by atoms with van der Waals surface area (Å²) in [7, 11) is 1.87. The molecule has 0 bridgehead atoms. The number of hydrogen-bond acceptors (Lipinski definition) is 2. The van der Waals surface area contributed by atoms with E-state index in [1.54, 1.807) is 6.92 Å². The molecule has 0 amide bonds. The number of aliphatic hydroxyl groups is 1. The Morgan fingerprint density at radius 2 is 2.05 bits per heavy atom. The van der Waals surface area contributed by atoms with Crippen molar-refractivity contribution < 1.29 is 9.90 Å². The molecule has 20 heavy (non-hydrogen) atoms. The SMILES string of the molecule is C=C(C)/C=C\C(=C/C)C(O)c1ccc(CC(C)=O)n1C. The van der Waals surface area contributed by atoms with Crippen LogP contribution < -0.4 is 0 Å². The number of aromatic nitrogens is 1. The number of hydrogen-bond donors (Lipinski definition) is 1. The van der Waals surface area contributed by atoms with E-state index < -0.39 is 6.10 Å². The second-order valence-electron chi connectivity index (χ2n) is 5.06. The summed E-state index contributed by atoms with van der Waals surface area (Å²) in [6, 6.07) is 3.75. The summed E-state index contributed by atoms with van der Waals surface area (Å²) < 4.78 is 1.88. The van der Waals surface area contributed by atoms with Gasteiger partial charge >= 0.3 is 0 Å². The molecule has 3 heteroatoms. The molecule has 3 nitrogen and oxygen atoms in total. The predicted molar refractivity (Wildman–Crippen MR) is 82.5 cm³/mol. The molecule has 0 spiro atoms. The third-order valence-electron chi connectivity index (χ3n) is 3.18. The quantitative estimate of drug-likeness (QED) is 0.808. The van der Waals surface area contributed by atoms with E-state index in [4.69, 9.17) is 0 Å². The highest BCUT2D eigenvalue weighted by atomic mass is 16.3. The van der Waals surface area contributed by atoms with Crippen molar-refractivity contribution >= 4 is 5.78 Å². The van der Waals surface area contributed by atoms with Crippen molar-refractivity contribution in [1.82, 2.24) is 4.57 Å². The fraction of sp³-hybridized carbons (Fsp3) is 0.353. The van der Waals surface area contributed by atoms with E-state index in [0.29, 0.717) is 6.42 Å². The summed E-state index contributed by atoms with van der Waals surface area (Å²) in [6.45, 7) is 9.17. The highest BCUT2D eigenvalue weighted by Gasteiger charge is 2.16. The van der Waals surface area contributed by atoms with Crippen LogP contribution in [0.2, 0.25) is 0 Å². The van der Waals surface area contributed by atoms with E-state index in [-0.39, 0.29) is 5.78 Å². The molecular weight excluding hydrogens is 250 g/mol. The smallest absolute Gasteiger partial charge is 0.135 e. The van der Waals surface area contributed by atoms with Crippen LogP contribution in [-0.4, -0.2) is 15.5 Å². The molecule has 0 aliphatic heterocycles. The second kappa shape index (κ2) is 7.06. The lowest BCUT2D eigenvalue weighted by atomic mass is 10.1. The van der Waals surface area contributed by atoms with Crippen LogP contribution in [0.25, 0.3) is 0 Å². The first-order chi connectivity index (χ1) is 9.36. The minimum atomic E-state index is -0.707. The third-order valence-corrected chi connectivity index (χ3v) is 3.18. The predicted octanol–water partition coefficient (Wildman–Crippen LogP) is 3.27. The Labute approximate surface area is 120 Å². The van der Waals surface area contributed by atoms with Crippen LogP contribution in [0.4, 0.5) is 0 Å². The lowest BCUT2D eigenvalue weighted by molar-refractivity contribution is -0.116. The summed E-state index contributed by atoms with van der Waals surface area (Å²) in [4.78, 5) is 11.2. The van der Waals surface area contributed by atoms with Crippen molar-refractivity contribution in [3.05, 3.63) is 59.5 Å². The molecule has 0 aliphatic carbocycles. The van der Waals surface area contributed by atoms with Gasteiger partial charge in [-0.05, 0) is 38.5 Å². The molecule has 0 saturated carbocycles. The van der Waals surface area contributed by atoms with Gasteiger partial charge in [-0.2, -0.15) is 0 Å². The van der Waals surface area contributed by atoms with Gasteiger partial charge in [-0.25, -0.2) is 0 Å². The standard InChI is InChI=1S/C17H23NO2/c1-6-14(8-7-12(2)3)17(20)16-10-9-15(18(16)5)11-13(4)19/h6-10,17,20H,2,11H2,1,3-5H3/b8-7-,14-6+. The van der Waals surface area contributed by atoms with E-state index in [1.807, 2.05) is 55.8 Å². The van der Waals surface area contributed by atoms with Gasteiger partial charge in [-0.1, -0.05) is 30.4 Å². The van der Waals surface area contributed by atoms with Gasteiger partial charge in [0.1, 0.15) is 11.9 Å². The number of ketones is 1. The highest BCUT2D eigenvalue weighted by Crippen LogP contribution is 2.24. The number of aliphatic hydroxyl groups excluding tert-OH is 1. The number of carbonyl (C=O) groups excluding carboxylic acids is 1. The van der Waals surface area contributed by atoms with Crippen molar-refractivity contribution in [3.8, 4) is 0 Å². The molecule has 1 aromatic heterocycles. The fourth-order valence-electron chi connectivity index (χ4n) is 2.03. The van der Waals surface area contributed by atoms with Crippen LogP contribution in [0.1, 0.15) is 38.3 Å². The average Bonchev–Trinajstić information content (AvgIpc) is 2.70. The molecule has 0 radical (unpaired) electrons. The minimum absolute atomic E-state index is 0.112. The third kappa shape index (κ3) is 4.07. The maximum absolute atomic E-state index is 11.2. The molecule has 0 aromatic carbocycles. The summed E-state index contributed by atoms with van der Waals surface area (Å²) in [5.41, 5.74) is 3.43. The van der Waals surface area contributed by atoms with Gasteiger partial charge in [-0.15, -0.1) is 0 Å². The van der Waals surface area contributed by atoms with Crippen LogP contribution in [0, 0.1) is 0 Å². The van der Waals surface area contributed by atoms with E-state index in [0.717, 1.165) is 22.5 Å². The first kappa shape index (κ1) is 16.2. The Hall–Kier alpha value is -1.87. The maximum Gasteiger partial charge on any atom is 0.135 e. The number of Topliss-reactive ketones (excluding diaryl/α,β-unsaturated/α-hetero) is 1. The number of carbonyl (C=O) groups is 1. The fourth-order valence-corrected chi connectivity index (χ4v) is 2.03. The molecule has 1 rings (SSSR count). The lowest BCUT2D eigenvalue weighted by Gasteiger charge is -2.14. The summed E-state index contributed by atoms with van der Waals surface area (Å²) in [6.07, 6.45) is 5.29. The summed E-state index contributed by atoms with van der Waals surface area (Å²) in [5.74, 6) is 0.112. The van der Waals surface area contributed by atoms with E-state index >= 15 is 0 Å². The van der Waals surface area contributed by atoms with Gasteiger partial charge < -0.3 is 9.67 Å². The highest BCUT2D eigenvalue weighted by molar-refractivity contribution is 5.77. The average molecular weight is 273 g/mol. The Bertz CT molecular complexity index is 562. The first-order valence-electron chi connectivity index (χ1n) is 6.68. The molecular formula is C17H23NO2. The van der Waals surface area contributed by atoms with Crippen molar-refractivity contribution in [3.63, 3.8) is 0 Å². The van der Waals surface area contributed by atoms with Crippen LogP contribution in [0.15, 0.2) is 48.1 Å². The van der Waals surface area contributed by atoms with Gasteiger partial charge in [0.15, 0.2) is 0 Å². The normalized spacial score (nSPS) is 13.8. The topological polar surface area (TPSA) is 42.2 Å². The first-order valence-corrected chi connectivity index (χ1v) is 6.68. The van der Waals surface area contributed by atoms with Gasteiger partial charge in [0, 0.05) is 19.2 Å². The molecule has 108 valence electrons. The van der Waals surface area contributed by atoms with E-state index in [2.05, 4.69) is 6.58 Å². The van der Waals surface area contributed by atoms with Crippen LogP contribution in [0.5, 0.6) is 0 Å². The van der Waals surface area contributed by atoms with Crippen molar-refractivity contribution in [1.29, 1.82) is 0 Å². The molecule has 0 saturated heterocycles. The minimum Gasteiger partial charge on any atom is -0.382 e. The number of allylic oxidation sites excluding steroid dienone is 3. The van der Waals surface area contributed by atoms with Crippen LogP contribution in [-0.2, 0) is 18.3 Å². The van der Waals surface area contributed by atoms with Gasteiger partial charge in [-0.3, -0.25) is 4.79 Å². The van der Waals surface area contributed by atoms with Gasteiger partial charge in [0.25, 0.3) is 0 Å². The monoisotopic (exact) mass is 273 g/mol. The number of rotatable bonds is 6. The van der Waals surface area contributed by atoms with E-state index in [9.17, 15) is 9.90 Å². The van der Waals surface area contributed by atoms with Gasteiger partial charge in [0.05, 0.1) is 5.69 Å². The zero-order valence-corrected chi connectivity index (χ0v) is 12.7. The number of nitrogens with zero attached hydrogens (tertiary/aromatic N) is 1. The van der Waals surface area contributed by atoms with Crippen molar-refractivity contribution in [2.45, 2.75) is 33.3 Å². The van der Waals surface area contributed by atoms with E-state index in [1.165, 1.54) is 0 Å². The van der Waals surface area contributed by atoms with Crippen LogP contribution >= 0.6 is 0 Å². The Balaban J connectivity index is 3.02. The molecule has 1 unspecified atom stereocenters. The summed E-state index contributed by atoms with van der Waals surface area (Å²) >= 11 is 0. The van der Waals surface area contributed by atoms with Crippen molar-refractivity contribution in [2.75, 3.05) is 0 Å². The zero-order chi connectivity index (χ0) is 15.3. The molecule has 1 N–H and O–H groups in total. The van der Waals surface area contributed by atoms with Crippen LogP contribution in [0.3, 0.4) is 0 Å². The largest absolute Gasteiger partial charge is 0.382 e.